The molecule has 7 nitrogen and oxygen atoms in total. The number of ether oxygens (including phenoxy) is 2. The predicted octanol–water partition coefficient (Wildman–Crippen LogP) is 2.91. The van der Waals surface area contributed by atoms with Crippen molar-refractivity contribution in [3.63, 3.8) is 0 Å². The van der Waals surface area contributed by atoms with E-state index in [0.29, 0.717) is 60.1 Å². The molecule has 1 fully saturated rings. The van der Waals surface area contributed by atoms with Crippen LogP contribution >= 0.6 is 24.0 Å². The maximum Gasteiger partial charge on any atom is 0.211 e. The first-order valence-corrected chi connectivity index (χ1v) is 10.3. The van der Waals surface area contributed by atoms with Crippen LogP contribution in [-0.4, -0.2) is 54.7 Å². The number of benzene rings is 1. The lowest BCUT2D eigenvalue weighted by atomic mass is 10.1. The van der Waals surface area contributed by atoms with E-state index in [4.69, 9.17) is 21.1 Å². The Kier molecular flexibility index (Phi) is 6.90. The topological polar surface area (TPSA) is 81.6 Å². The van der Waals surface area contributed by atoms with E-state index in [1.54, 1.807) is 12.1 Å². The van der Waals surface area contributed by atoms with E-state index in [2.05, 4.69) is 9.97 Å². The van der Waals surface area contributed by atoms with Crippen LogP contribution in [0.1, 0.15) is 19.8 Å². The SMILES string of the molecule is CCOc1cc2ncnc(Cl)c2cc1OC1CCN(S(C)(=O)=O)CC1.Cl. The Bertz CT molecular complexity index is 871. The molecule has 2 aromatic rings. The van der Waals surface area contributed by atoms with Crippen molar-refractivity contribution < 1.29 is 17.9 Å². The summed E-state index contributed by atoms with van der Waals surface area (Å²) in [6.45, 7) is 3.29. The average Bonchev–Trinajstić information content (AvgIpc) is 2.56. The van der Waals surface area contributed by atoms with Gasteiger partial charge < -0.3 is 9.47 Å². The number of nitrogens with zero attached hydrogens (tertiary/aromatic N) is 3. The summed E-state index contributed by atoms with van der Waals surface area (Å²) in [6.07, 6.45) is 3.79. The third-order valence-corrected chi connectivity index (χ3v) is 5.72. The number of piperidine rings is 1. The molecule has 0 atom stereocenters. The van der Waals surface area contributed by atoms with Crippen molar-refractivity contribution in [2.45, 2.75) is 25.9 Å². The van der Waals surface area contributed by atoms with Crippen LogP contribution in [0.15, 0.2) is 18.5 Å². The zero-order valence-electron chi connectivity index (χ0n) is 14.5. The van der Waals surface area contributed by atoms with Crippen molar-refractivity contribution in [3.05, 3.63) is 23.6 Å². The molecular weight excluding hydrogens is 401 g/mol. The summed E-state index contributed by atoms with van der Waals surface area (Å²) in [5, 5.41) is 1.04. The van der Waals surface area contributed by atoms with Crippen molar-refractivity contribution in [2.75, 3.05) is 26.0 Å². The number of sulfonamides is 1. The van der Waals surface area contributed by atoms with Gasteiger partial charge >= 0.3 is 0 Å². The predicted molar refractivity (Wildman–Crippen MR) is 103 cm³/mol. The number of hydrogen-bond acceptors (Lipinski definition) is 6. The van der Waals surface area contributed by atoms with Gasteiger partial charge in [-0.25, -0.2) is 22.7 Å². The Morgan fingerprint density at radius 2 is 1.92 bits per heavy atom. The first kappa shape index (κ1) is 21.0. The molecule has 0 unspecified atom stereocenters. The second kappa shape index (κ2) is 8.56. The van der Waals surface area contributed by atoms with Gasteiger partial charge in [0.1, 0.15) is 17.6 Å². The van der Waals surface area contributed by atoms with Crippen LogP contribution in [0.2, 0.25) is 5.15 Å². The fourth-order valence-corrected chi connectivity index (χ4v) is 3.92. The summed E-state index contributed by atoms with van der Waals surface area (Å²) < 4.78 is 36.5. The molecule has 26 heavy (non-hydrogen) atoms. The summed E-state index contributed by atoms with van der Waals surface area (Å²) in [7, 11) is -3.15. The van der Waals surface area contributed by atoms with E-state index < -0.39 is 10.0 Å². The lowest BCUT2D eigenvalue weighted by Gasteiger charge is -2.30. The zero-order valence-corrected chi connectivity index (χ0v) is 16.9. The van der Waals surface area contributed by atoms with Crippen LogP contribution in [-0.2, 0) is 10.0 Å². The van der Waals surface area contributed by atoms with Crippen LogP contribution in [0.4, 0.5) is 0 Å². The van der Waals surface area contributed by atoms with E-state index in [9.17, 15) is 8.42 Å². The molecule has 10 heteroatoms. The van der Waals surface area contributed by atoms with E-state index in [0.717, 1.165) is 0 Å². The van der Waals surface area contributed by atoms with E-state index in [1.165, 1.54) is 16.9 Å². The molecule has 144 valence electrons. The van der Waals surface area contributed by atoms with E-state index in [1.807, 2.05) is 6.92 Å². The molecule has 0 amide bonds. The minimum Gasteiger partial charge on any atom is -0.490 e. The molecule has 1 saturated heterocycles. The first-order valence-electron chi connectivity index (χ1n) is 8.07. The lowest BCUT2D eigenvalue weighted by molar-refractivity contribution is 0.130. The molecule has 1 aliphatic rings. The monoisotopic (exact) mass is 421 g/mol. The molecule has 1 aromatic heterocycles. The van der Waals surface area contributed by atoms with Crippen LogP contribution in [0.3, 0.4) is 0 Å². The van der Waals surface area contributed by atoms with Crippen LogP contribution in [0.5, 0.6) is 11.5 Å². The Balaban J connectivity index is 0.00000243. The Morgan fingerprint density at radius 3 is 2.54 bits per heavy atom. The van der Waals surface area contributed by atoms with Crippen LogP contribution in [0.25, 0.3) is 10.9 Å². The fraction of sp³-hybridized carbons (Fsp3) is 0.500. The first-order chi connectivity index (χ1) is 11.9. The van der Waals surface area contributed by atoms with Gasteiger partial charge in [-0.2, -0.15) is 0 Å². The van der Waals surface area contributed by atoms with Gasteiger partial charge in [-0.05, 0) is 25.8 Å². The molecule has 1 aromatic carbocycles. The molecule has 1 aliphatic heterocycles. The highest BCUT2D eigenvalue weighted by molar-refractivity contribution is 7.88. The van der Waals surface area contributed by atoms with Gasteiger partial charge in [0.25, 0.3) is 0 Å². The normalized spacial score (nSPS) is 16.3. The number of fused-ring (bicyclic) bond motifs is 1. The van der Waals surface area contributed by atoms with Crippen LogP contribution in [0, 0.1) is 0 Å². The summed E-state index contributed by atoms with van der Waals surface area (Å²) in [5.41, 5.74) is 0.683. The molecule has 0 saturated carbocycles. The van der Waals surface area contributed by atoms with Gasteiger partial charge in [0.15, 0.2) is 11.5 Å². The van der Waals surface area contributed by atoms with Crippen LogP contribution < -0.4 is 9.47 Å². The summed E-state index contributed by atoms with van der Waals surface area (Å²) in [4.78, 5) is 8.20. The number of aromatic nitrogens is 2. The summed E-state index contributed by atoms with van der Waals surface area (Å²) >= 11 is 6.15. The Labute approximate surface area is 164 Å². The smallest absolute Gasteiger partial charge is 0.211 e. The Hall–Kier alpha value is -1.35. The minimum atomic E-state index is -3.15. The molecule has 0 spiro atoms. The zero-order chi connectivity index (χ0) is 18.0. The second-order valence-electron chi connectivity index (χ2n) is 5.89. The summed E-state index contributed by atoms with van der Waals surface area (Å²) in [5.74, 6) is 1.17. The maximum absolute atomic E-state index is 11.6. The van der Waals surface area contributed by atoms with Gasteiger partial charge in [0, 0.05) is 24.5 Å². The highest BCUT2D eigenvalue weighted by Gasteiger charge is 2.26. The summed E-state index contributed by atoms with van der Waals surface area (Å²) in [6, 6.07) is 3.57. The number of halogens is 2. The largest absolute Gasteiger partial charge is 0.490 e. The maximum atomic E-state index is 11.6. The Morgan fingerprint density at radius 1 is 1.23 bits per heavy atom. The van der Waals surface area contributed by atoms with Gasteiger partial charge in [-0.1, -0.05) is 11.6 Å². The molecule has 3 rings (SSSR count). The van der Waals surface area contributed by atoms with Gasteiger partial charge in [0.05, 0.1) is 18.4 Å². The molecule has 0 radical (unpaired) electrons. The highest BCUT2D eigenvalue weighted by Crippen LogP contribution is 2.35. The third kappa shape index (κ3) is 4.68. The van der Waals surface area contributed by atoms with Crippen molar-refractivity contribution >= 4 is 44.9 Å². The van der Waals surface area contributed by atoms with E-state index in [-0.39, 0.29) is 18.5 Å². The fourth-order valence-electron chi connectivity index (χ4n) is 2.85. The van der Waals surface area contributed by atoms with Gasteiger partial charge in [-0.3, -0.25) is 0 Å². The lowest BCUT2D eigenvalue weighted by Crippen LogP contribution is -2.41. The minimum absolute atomic E-state index is 0. The second-order valence-corrected chi connectivity index (χ2v) is 8.23. The van der Waals surface area contributed by atoms with Gasteiger partial charge in [0.2, 0.25) is 10.0 Å². The molecule has 0 N–H and O–H groups in total. The van der Waals surface area contributed by atoms with Crippen molar-refractivity contribution in [1.29, 1.82) is 0 Å². The van der Waals surface area contributed by atoms with Crippen molar-refractivity contribution in [1.82, 2.24) is 14.3 Å². The van der Waals surface area contributed by atoms with Crippen molar-refractivity contribution in [3.8, 4) is 11.5 Å². The molecule has 0 bridgehead atoms. The number of rotatable bonds is 5. The van der Waals surface area contributed by atoms with Crippen molar-refractivity contribution in [2.24, 2.45) is 0 Å². The average molecular weight is 422 g/mol. The standard InChI is InChI=1S/C16H20ClN3O4S.ClH/c1-3-23-14-9-13-12(16(17)19-10-18-13)8-15(14)24-11-4-6-20(7-5-11)25(2,21)22;/h8-11H,3-7H2,1-2H3;1H. The third-order valence-electron chi connectivity index (χ3n) is 4.12. The molecular formula is C16H21Cl2N3O4S. The highest BCUT2D eigenvalue weighted by atomic mass is 35.5. The molecule has 0 aliphatic carbocycles. The molecule has 2 heterocycles. The van der Waals surface area contributed by atoms with Gasteiger partial charge in [-0.15, -0.1) is 12.4 Å². The number of hydrogen-bond donors (Lipinski definition) is 0. The quantitative estimate of drug-likeness (QED) is 0.690. The van der Waals surface area contributed by atoms with E-state index >= 15 is 0 Å².